The van der Waals surface area contributed by atoms with Gasteiger partial charge in [0.15, 0.2) is 11.6 Å². The van der Waals surface area contributed by atoms with Gasteiger partial charge in [-0.05, 0) is 29.8 Å². The van der Waals surface area contributed by atoms with E-state index in [1.54, 1.807) is 0 Å². The average molecular weight is 254 g/mol. The Morgan fingerprint density at radius 1 is 0.889 bits per heavy atom. The van der Waals surface area contributed by atoms with Gasteiger partial charge in [0.25, 0.3) is 0 Å². The van der Waals surface area contributed by atoms with Crippen molar-refractivity contribution in [1.29, 1.82) is 0 Å². The maximum Gasteiger partial charge on any atom is 0.162 e. The Morgan fingerprint density at radius 2 is 1.67 bits per heavy atom. The maximum atomic E-state index is 13.1. The summed E-state index contributed by atoms with van der Waals surface area (Å²) >= 11 is 0. The summed E-state index contributed by atoms with van der Waals surface area (Å²) < 4.78 is 43.9. The molecule has 1 N–H and O–H groups in total. The van der Waals surface area contributed by atoms with E-state index in [0.29, 0.717) is 5.56 Å². The van der Waals surface area contributed by atoms with Gasteiger partial charge in [0.05, 0.1) is 6.61 Å². The van der Waals surface area contributed by atoms with Crippen LogP contribution in [0.4, 0.5) is 13.2 Å². The minimum atomic E-state index is -1.05. The fraction of sp³-hybridized carbons (Fsp3) is 0.0769. The normalized spacial score (nSPS) is 10.4. The standard InChI is InChI=1S/C13H9F3O2/c14-9-3-8(7-17)4-11(5-9)18-10-1-2-12(15)13(16)6-10/h1-6,17H,7H2. The van der Waals surface area contributed by atoms with Crippen molar-refractivity contribution >= 4 is 0 Å². The van der Waals surface area contributed by atoms with Crippen molar-refractivity contribution in [2.45, 2.75) is 6.61 Å². The zero-order valence-corrected chi connectivity index (χ0v) is 9.16. The van der Waals surface area contributed by atoms with Gasteiger partial charge in [0.1, 0.15) is 17.3 Å². The zero-order valence-electron chi connectivity index (χ0n) is 9.16. The van der Waals surface area contributed by atoms with Crippen LogP contribution in [0.1, 0.15) is 5.56 Å². The number of ether oxygens (including phenoxy) is 1. The molecule has 0 aromatic heterocycles. The van der Waals surface area contributed by atoms with Crippen LogP contribution in [0.25, 0.3) is 0 Å². The molecule has 0 fully saturated rings. The number of halogens is 3. The lowest BCUT2D eigenvalue weighted by Crippen LogP contribution is -1.91. The first-order chi connectivity index (χ1) is 8.58. The Balaban J connectivity index is 2.27. The largest absolute Gasteiger partial charge is 0.457 e. The Hall–Kier alpha value is -2.01. The van der Waals surface area contributed by atoms with E-state index in [-0.39, 0.29) is 18.1 Å². The second-order valence-electron chi connectivity index (χ2n) is 3.63. The van der Waals surface area contributed by atoms with Crippen LogP contribution in [0.15, 0.2) is 36.4 Å². The lowest BCUT2D eigenvalue weighted by Gasteiger charge is -2.07. The third-order valence-electron chi connectivity index (χ3n) is 2.24. The second-order valence-corrected chi connectivity index (χ2v) is 3.63. The highest BCUT2D eigenvalue weighted by Gasteiger charge is 2.06. The highest BCUT2D eigenvalue weighted by atomic mass is 19.2. The van der Waals surface area contributed by atoms with Gasteiger partial charge in [-0.2, -0.15) is 0 Å². The van der Waals surface area contributed by atoms with Crippen LogP contribution in [0.3, 0.4) is 0 Å². The van der Waals surface area contributed by atoms with Crippen molar-refractivity contribution < 1.29 is 23.0 Å². The molecular formula is C13H9F3O2. The first-order valence-electron chi connectivity index (χ1n) is 5.12. The number of hydrogen-bond donors (Lipinski definition) is 1. The highest BCUT2D eigenvalue weighted by Crippen LogP contribution is 2.25. The summed E-state index contributed by atoms with van der Waals surface area (Å²) in [6.45, 7) is -0.341. The molecule has 0 aliphatic heterocycles. The molecule has 0 saturated carbocycles. The van der Waals surface area contributed by atoms with E-state index in [1.807, 2.05) is 0 Å². The van der Waals surface area contributed by atoms with Crippen molar-refractivity contribution in [3.05, 3.63) is 59.4 Å². The fourth-order valence-electron chi connectivity index (χ4n) is 1.45. The molecule has 0 atom stereocenters. The minimum absolute atomic E-state index is 0.0448. The molecule has 0 unspecified atom stereocenters. The van der Waals surface area contributed by atoms with Crippen molar-refractivity contribution in [3.8, 4) is 11.5 Å². The molecule has 0 radical (unpaired) electrons. The quantitative estimate of drug-likeness (QED) is 0.909. The summed E-state index contributed by atoms with van der Waals surface area (Å²) in [7, 11) is 0. The summed E-state index contributed by atoms with van der Waals surface area (Å²) in [6.07, 6.45) is 0. The van der Waals surface area contributed by atoms with Crippen molar-refractivity contribution in [3.63, 3.8) is 0 Å². The SMILES string of the molecule is OCc1cc(F)cc(Oc2ccc(F)c(F)c2)c1. The summed E-state index contributed by atoms with van der Waals surface area (Å²) in [5.41, 5.74) is 0.326. The maximum absolute atomic E-state index is 13.1. The molecule has 5 heteroatoms. The van der Waals surface area contributed by atoms with E-state index < -0.39 is 17.5 Å². The number of benzene rings is 2. The average Bonchev–Trinajstić information content (AvgIpc) is 2.33. The van der Waals surface area contributed by atoms with Crippen LogP contribution in [-0.4, -0.2) is 5.11 Å². The molecule has 0 saturated heterocycles. The smallest absolute Gasteiger partial charge is 0.162 e. The molecule has 2 nitrogen and oxygen atoms in total. The number of rotatable bonds is 3. The highest BCUT2D eigenvalue weighted by molar-refractivity contribution is 5.34. The van der Waals surface area contributed by atoms with Gasteiger partial charge in [-0.25, -0.2) is 13.2 Å². The number of aliphatic hydroxyl groups excluding tert-OH is 1. The molecule has 2 rings (SSSR count). The summed E-state index contributed by atoms with van der Waals surface area (Å²) in [5, 5.41) is 8.90. The fourth-order valence-corrected chi connectivity index (χ4v) is 1.45. The molecule has 94 valence electrons. The molecule has 2 aromatic carbocycles. The van der Waals surface area contributed by atoms with Gasteiger partial charge in [-0.3, -0.25) is 0 Å². The third-order valence-corrected chi connectivity index (χ3v) is 2.24. The van der Waals surface area contributed by atoms with E-state index in [2.05, 4.69) is 0 Å². The molecule has 0 spiro atoms. The Kier molecular flexibility index (Phi) is 3.53. The van der Waals surface area contributed by atoms with E-state index in [1.165, 1.54) is 12.1 Å². The van der Waals surface area contributed by atoms with Gasteiger partial charge in [0, 0.05) is 12.1 Å². The van der Waals surface area contributed by atoms with E-state index in [4.69, 9.17) is 9.84 Å². The first-order valence-corrected chi connectivity index (χ1v) is 5.12. The third kappa shape index (κ3) is 2.81. The molecule has 2 aromatic rings. The van der Waals surface area contributed by atoms with Gasteiger partial charge in [-0.1, -0.05) is 0 Å². The van der Waals surface area contributed by atoms with Gasteiger partial charge in [0.2, 0.25) is 0 Å². The molecule has 0 amide bonds. The van der Waals surface area contributed by atoms with Gasteiger partial charge < -0.3 is 9.84 Å². The molecule has 0 bridgehead atoms. The predicted octanol–water partition coefficient (Wildman–Crippen LogP) is 3.39. The molecule has 0 aliphatic rings. The predicted molar refractivity (Wildman–Crippen MR) is 58.8 cm³/mol. The van der Waals surface area contributed by atoms with Crippen LogP contribution < -0.4 is 4.74 Å². The van der Waals surface area contributed by atoms with E-state index in [0.717, 1.165) is 24.3 Å². The zero-order chi connectivity index (χ0) is 13.1. The Morgan fingerprint density at radius 3 is 2.33 bits per heavy atom. The Bertz CT molecular complexity index is 570. The minimum Gasteiger partial charge on any atom is -0.457 e. The molecule has 0 heterocycles. The van der Waals surface area contributed by atoms with E-state index in [9.17, 15) is 13.2 Å². The molecule has 18 heavy (non-hydrogen) atoms. The van der Waals surface area contributed by atoms with E-state index >= 15 is 0 Å². The lowest BCUT2D eigenvalue weighted by atomic mass is 10.2. The number of hydrogen-bond acceptors (Lipinski definition) is 2. The Labute approximate surface area is 101 Å². The topological polar surface area (TPSA) is 29.5 Å². The summed E-state index contributed by atoms with van der Waals surface area (Å²) in [6, 6.07) is 6.64. The second kappa shape index (κ2) is 5.10. The van der Waals surface area contributed by atoms with Crippen molar-refractivity contribution in [1.82, 2.24) is 0 Å². The van der Waals surface area contributed by atoms with Gasteiger partial charge in [-0.15, -0.1) is 0 Å². The summed E-state index contributed by atoms with van der Waals surface area (Å²) in [5.74, 6) is -2.48. The summed E-state index contributed by atoms with van der Waals surface area (Å²) in [4.78, 5) is 0. The van der Waals surface area contributed by atoms with Crippen molar-refractivity contribution in [2.75, 3.05) is 0 Å². The van der Waals surface area contributed by atoms with Crippen LogP contribution in [0.5, 0.6) is 11.5 Å². The number of aliphatic hydroxyl groups is 1. The monoisotopic (exact) mass is 254 g/mol. The molecule has 0 aliphatic carbocycles. The van der Waals surface area contributed by atoms with Crippen molar-refractivity contribution in [2.24, 2.45) is 0 Å². The van der Waals surface area contributed by atoms with Crippen LogP contribution >= 0.6 is 0 Å². The first kappa shape index (κ1) is 12.4. The van der Waals surface area contributed by atoms with Crippen LogP contribution in [0, 0.1) is 17.5 Å². The van der Waals surface area contributed by atoms with Crippen LogP contribution in [0.2, 0.25) is 0 Å². The van der Waals surface area contributed by atoms with Gasteiger partial charge >= 0.3 is 0 Å². The van der Waals surface area contributed by atoms with Crippen LogP contribution in [-0.2, 0) is 6.61 Å². The molecular weight excluding hydrogens is 245 g/mol. The lowest BCUT2D eigenvalue weighted by molar-refractivity contribution is 0.280.